The lowest BCUT2D eigenvalue weighted by atomic mass is 9.98. The first-order chi connectivity index (χ1) is 5.13. The van der Waals surface area contributed by atoms with E-state index in [0.717, 1.165) is 12.8 Å². The molecule has 2 atom stereocenters. The van der Waals surface area contributed by atoms with Crippen molar-refractivity contribution in [3.63, 3.8) is 0 Å². The fourth-order valence-corrected chi connectivity index (χ4v) is 1.00. The summed E-state index contributed by atoms with van der Waals surface area (Å²) >= 11 is 0. The molecule has 0 heterocycles. The molecule has 66 valence electrons. The Morgan fingerprint density at radius 2 is 2.18 bits per heavy atom. The normalized spacial score (nSPS) is 15.6. The standard InChI is InChI=1S/C8H17NO2/c1-4-5-6(2)7(9)8(10)11-3/h6-7H,4-5,9H2,1-3H3/t6-,7-/m0/s1. The number of nitrogens with two attached hydrogens (primary N) is 1. The molecule has 0 bridgehead atoms. The number of methoxy groups -OCH3 is 1. The number of hydrogen-bond acceptors (Lipinski definition) is 3. The summed E-state index contributed by atoms with van der Waals surface area (Å²) in [5, 5.41) is 0. The van der Waals surface area contributed by atoms with Gasteiger partial charge in [0.25, 0.3) is 0 Å². The molecule has 0 fully saturated rings. The smallest absolute Gasteiger partial charge is 0.322 e. The van der Waals surface area contributed by atoms with Crippen LogP contribution in [0, 0.1) is 5.92 Å². The molecule has 0 unspecified atom stereocenters. The molecule has 0 aromatic carbocycles. The van der Waals surface area contributed by atoms with E-state index in [-0.39, 0.29) is 11.9 Å². The molecule has 0 aliphatic rings. The molecule has 0 aliphatic carbocycles. The van der Waals surface area contributed by atoms with Crippen molar-refractivity contribution in [2.24, 2.45) is 11.7 Å². The average molecular weight is 159 g/mol. The molecule has 11 heavy (non-hydrogen) atoms. The molecule has 3 heteroatoms. The zero-order valence-electron chi connectivity index (χ0n) is 7.46. The first-order valence-electron chi connectivity index (χ1n) is 3.96. The summed E-state index contributed by atoms with van der Waals surface area (Å²) in [6, 6.07) is -0.458. The molecular weight excluding hydrogens is 142 g/mol. The van der Waals surface area contributed by atoms with Gasteiger partial charge in [-0.25, -0.2) is 0 Å². The van der Waals surface area contributed by atoms with Crippen LogP contribution in [0.15, 0.2) is 0 Å². The van der Waals surface area contributed by atoms with Gasteiger partial charge in [-0.1, -0.05) is 20.3 Å². The molecule has 3 nitrogen and oxygen atoms in total. The van der Waals surface area contributed by atoms with E-state index < -0.39 is 6.04 Å². The van der Waals surface area contributed by atoms with E-state index in [4.69, 9.17) is 5.73 Å². The lowest BCUT2D eigenvalue weighted by Crippen LogP contribution is -2.37. The Bertz CT molecular complexity index is 125. The third-order valence-electron chi connectivity index (χ3n) is 1.83. The van der Waals surface area contributed by atoms with Gasteiger partial charge in [0.15, 0.2) is 0 Å². The summed E-state index contributed by atoms with van der Waals surface area (Å²) in [5.74, 6) is -0.0987. The van der Waals surface area contributed by atoms with Gasteiger partial charge in [-0.15, -0.1) is 0 Å². The van der Waals surface area contributed by atoms with E-state index in [2.05, 4.69) is 11.7 Å². The zero-order chi connectivity index (χ0) is 8.85. The number of rotatable bonds is 4. The van der Waals surface area contributed by atoms with E-state index >= 15 is 0 Å². The maximum absolute atomic E-state index is 10.9. The van der Waals surface area contributed by atoms with Crippen molar-refractivity contribution in [2.45, 2.75) is 32.7 Å². The Balaban J connectivity index is 3.80. The second-order valence-corrected chi connectivity index (χ2v) is 2.81. The molecule has 0 aliphatic heterocycles. The predicted molar refractivity (Wildman–Crippen MR) is 44.1 cm³/mol. The molecule has 0 saturated carbocycles. The van der Waals surface area contributed by atoms with E-state index in [1.54, 1.807) is 0 Å². The fraction of sp³-hybridized carbons (Fsp3) is 0.875. The van der Waals surface area contributed by atoms with Crippen molar-refractivity contribution in [3.05, 3.63) is 0 Å². The van der Waals surface area contributed by atoms with E-state index in [9.17, 15) is 4.79 Å². The van der Waals surface area contributed by atoms with Crippen LogP contribution in [0.5, 0.6) is 0 Å². The van der Waals surface area contributed by atoms with Gasteiger partial charge in [-0.2, -0.15) is 0 Å². The molecule has 0 aromatic heterocycles. The van der Waals surface area contributed by atoms with Crippen LogP contribution in [-0.4, -0.2) is 19.1 Å². The van der Waals surface area contributed by atoms with Crippen LogP contribution < -0.4 is 5.73 Å². The van der Waals surface area contributed by atoms with Crippen LogP contribution in [0.2, 0.25) is 0 Å². The monoisotopic (exact) mass is 159 g/mol. The van der Waals surface area contributed by atoms with Crippen LogP contribution in [0.1, 0.15) is 26.7 Å². The van der Waals surface area contributed by atoms with Crippen molar-refractivity contribution in [2.75, 3.05) is 7.11 Å². The van der Waals surface area contributed by atoms with Gasteiger partial charge in [0.2, 0.25) is 0 Å². The quantitative estimate of drug-likeness (QED) is 0.621. The van der Waals surface area contributed by atoms with E-state index in [1.165, 1.54) is 7.11 Å². The van der Waals surface area contributed by atoms with Crippen molar-refractivity contribution in [1.82, 2.24) is 0 Å². The highest BCUT2D eigenvalue weighted by Crippen LogP contribution is 2.09. The van der Waals surface area contributed by atoms with Crippen molar-refractivity contribution in [1.29, 1.82) is 0 Å². The average Bonchev–Trinajstić information content (AvgIpc) is 2.02. The third-order valence-corrected chi connectivity index (χ3v) is 1.83. The molecule has 0 amide bonds. The molecule has 0 saturated heterocycles. The second kappa shape index (κ2) is 5.13. The Kier molecular flexibility index (Phi) is 4.86. The van der Waals surface area contributed by atoms with Gasteiger partial charge < -0.3 is 10.5 Å². The first kappa shape index (κ1) is 10.4. The number of carbonyl (C=O) groups is 1. The molecule has 0 aromatic rings. The topological polar surface area (TPSA) is 52.3 Å². The highest BCUT2D eigenvalue weighted by molar-refractivity contribution is 5.75. The van der Waals surface area contributed by atoms with Crippen LogP contribution in [-0.2, 0) is 9.53 Å². The zero-order valence-corrected chi connectivity index (χ0v) is 7.46. The number of esters is 1. The second-order valence-electron chi connectivity index (χ2n) is 2.81. The Morgan fingerprint density at radius 1 is 1.64 bits per heavy atom. The van der Waals surface area contributed by atoms with E-state index in [0.29, 0.717) is 0 Å². The minimum Gasteiger partial charge on any atom is -0.468 e. The summed E-state index contributed by atoms with van der Waals surface area (Å²) in [6.07, 6.45) is 2.02. The summed E-state index contributed by atoms with van der Waals surface area (Å²) in [7, 11) is 1.36. The molecule has 0 spiro atoms. The summed E-state index contributed by atoms with van der Waals surface area (Å²) < 4.78 is 4.52. The van der Waals surface area contributed by atoms with Gasteiger partial charge in [0.05, 0.1) is 7.11 Å². The third kappa shape index (κ3) is 3.37. The van der Waals surface area contributed by atoms with Crippen LogP contribution in [0.4, 0.5) is 0 Å². The summed E-state index contributed by atoms with van der Waals surface area (Å²) in [5.41, 5.74) is 5.58. The van der Waals surface area contributed by atoms with Crippen molar-refractivity contribution in [3.8, 4) is 0 Å². The maximum Gasteiger partial charge on any atom is 0.322 e. The first-order valence-corrected chi connectivity index (χ1v) is 3.96. The van der Waals surface area contributed by atoms with Crippen LogP contribution >= 0.6 is 0 Å². The van der Waals surface area contributed by atoms with Crippen molar-refractivity contribution >= 4 is 5.97 Å². The lowest BCUT2D eigenvalue weighted by Gasteiger charge is -2.16. The predicted octanol–water partition coefficient (Wildman–Crippen LogP) is 0.923. The maximum atomic E-state index is 10.9. The highest BCUT2D eigenvalue weighted by Gasteiger charge is 2.19. The van der Waals surface area contributed by atoms with Crippen LogP contribution in [0.25, 0.3) is 0 Å². The Labute approximate surface area is 67.9 Å². The minimum atomic E-state index is -0.458. The van der Waals surface area contributed by atoms with Gasteiger partial charge in [0.1, 0.15) is 6.04 Å². The molecule has 0 rings (SSSR count). The minimum absolute atomic E-state index is 0.215. The summed E-state index contributed by atoms with van der Waals surface area (Å²) in [6.45, 7) is 4.03. The Morgan fingerprint density at radius 3 is 2.55 bits per heavy atom. The van der Waals surface area contributed by atoms with Gasteiger partial charge in [0, 0.05) is 0 Å². The fourth-order valence-electron chi connectivity index (χ4n) is 1.00. The number of carbonyl (C=O) groups excluding carboxylic acids is 1. The van der Waals surface area contributed by atoms with Gasteiger partial charge in [-0.05, 0) is 12.3 Å². The lowest BCUT2D eigenvalue weighted by molar-refractivity contribution is -0.143. The number of hydrogen-bond donors (Lipinski definition) is 1. The SMILES string of the molecule is CCC[C@H](C)[C@H](N)C(=O)OC. The number of ether oxygens (including phenoxy) is 1. The van der Waals surface area contributed by atoms with E-state index in [1.807, 2.05) is 6.92 Å². The summed E-state index contributed by atoms with van der Waals surface area (Å²) in [4.78, 5) is 10.9. The van der Waals surface area contributed by atoms with Crippen LogP contribution in [0.3, 0.4) is 0 Å². The Hall–Kier alpha value is -0.570. The van der Waals surface area contributed by atoms with Crippen molar-refractivity contribution < 1.29 is 9.53 Å². The van der Waals surface area contributed by atoms with Gasteiger partial charge in [-0.3, -0.25) is 4.79 Å². The molecule has 0 radical (unpaired) electrons. The highest BCUT2D eigenvalue weighted by atomic mass is 16.5. The molecular formula is C8H17NO2. The largest absolute Gasteiger partial charge is 0.468 e. The molecule has 2 N–H and O–H groups in total. The van der Waals surface area contributed by atoms with Gasteiger partial charge >= 0.3 is 5.97 Å².